The predicted octanol–water partition coefficient (Wildman–Crippen LogP) is 5.13. The van der Waals surface area contributed by atoms with E-state index in [1.807, 2.05) is 23.7 Å². The number of halogens is 1. The van der Waals surface area contributed by atoms with E-state index in [9.17, 15) is 10.0 Å². The number of methoxy groups -OCH3 is 1. The molecular weight excluding hydrogens is 543 g/mol. The van der Waals surface area contributed by atoms with Crippen LogP contribution in [0.2, 0.25) is 0 Å². The van der Waals surface area contributed by atoms with Crippen molar-refractivity contribution < 1.29 is 23.9 Å². The van der Waals surface area contributed by atoms with Gasteiger partial charge < -0.3 is 14.4 Å². The van der Waals surface area contributed by atoms with E-state index < -0.39 is 11.6 Å². The van der Waals surface area contributed by atoms with Crippen molar-refractivity contribution in [2.75, 3.05) is 58.8 Å². The third kappa shape index (κ3) is 7.51. The number of thioether (sulfide) groups is 1. The first-order valence-electron chi connectivity index (χ1n) is 15.2. The van der Waals surface area contributed by atoms with Gasteiger partial charge in [0.05, 0.1) is 31.3 Å². The molecular formula is C31H45FN4O4S. The first kappa shape index (κ1) is 30.5. The second-order valence-corrected chi connectivity index (χ2v) is 13.2. The van der Waals surface area contributed by atoms with Crippen LogP contribution < -0.4 is 10.2 Å². The third-order valence-electron chi connectivity index (χ3n) is 9.35. The molecule has 1 aromatic heterocycles. The molecule has 3 fully saturated rings. The number of aromatic nitrogens is 1. The van der Waals surface area contributed by atoms with Gasteiger partial charge >= 0.3 is 0 Å². The van der Waals surface area contributed by atoms with Crippen molar-refractivity contribution in [1.29, 1.82) is 0 Å². The van der Waals surface area contributed by atoms with Crippen LogP contribution in [-0.2, 0) is 16.1 Å². The van der Waals surface area contributed by atoms with Crippen molar-refractivity contribution in [1.82, 2.24) is 20.3 Å². The van der Waals surface area contributed by atoms with Crippen LogP contribution in [0.1, 0.15) is 68.7 Å². The van der Waals surface area contributed by atoms with Gasteiger partial charge in [0.2, 0.25) is 5.91 Å². The Bertz CT molecular complexity index is 1150. The zero-order valence-electron chi connectivity index (χ0n) is 24.3. The van der Waals surface area contributed by atoms with E-state index in [-0.39, 0.29) is 12.3 Å². The molecule has 8 nitrogen and oxygen atoms in total. The van der Waals surface area contributed by atoms with Gasteiger partial charge in [0.25, 0.3) is 0 Å². The van der Waals surface area contributed by atoms with Gasteiger partial charge in [0.1, 0.15) is 11.9 Å². The Morgan fingerprint density at radius 1 is 1.22 bits per heavy atom. The van der Waals surface area contributed by atoms with Crippen LogP contribution in [0.15, 0.2) is 24.4 Å². The van der Waals surface area contributed by atoms with Crippen LogP contribution in [-0.4, -0.2) is 89.9 Å². The van der Waals surface area contributed by atoms with Gasteiger partial charge in [0, 0.05) is 54.3 Å². The summed E-state index contributed by atoms with van der Waals surface area (Å²) in [5.41, 5.74) is 3.34. The van der Waals surface area contributed by atoms with Crippen LogP contribution in [0.4, 0.5) is 4.39 Å². The quantitative estimate of drug-likeness (QED) is 0.261. The number of hydrogen-bond donors (Lipinski definition) is 2. The summed E-state index contributed by atoms with van der Waals surface area (Å²) in [5, 5.41) is 11.2. The number of nitrogens with one attached hydrogen (secondary N) is 1. The van der Waals surface area contributed by atoms with E-state index in [1.54, 1.807) is 13.3 Å². The third-order valence-corrected chi connectivity index (χ3v) is 10.7. The van der Waals surface area contributed by atoms with Crippen molar-refractivity contribution >= 4 is 28.6 Å². The number of carbonyl (C=O) groups is 1. The Balaban J connectivity index is 1.29. The van der Waals surface area contributed by atoms with E-state index in [2.05, 4.69) is 26.5 Å². The number of morpholine rings is 1. The highest BCUT2D eigenvalue weighted by Gasteiger charge is 2.41. The molecule has 5 rings (SSSR count). The molecule has 1 aromatic carbocycles. The van der Waals surface area contributed by atoms with Crippen molar-refractivity contribution in [2.45, 2.75) is 69.3 Å². The van der Waals surface area contributed by atoms with Gasteiger partial charge in [0.15, 0.2) is 0 Å². The first-order chi connectivity index (χ1) is 20.0. The normalized spacial score (nSPS) is 21.2. The number of ether oxygens (including phenoxy) is 2. The number of carbonyl (C=O) groups excluding carboxylic acids is 1. The highest BCUT2D eigenvalue weighted by molar-refractivity contribution is 7.99. The van der Waals surface area contributed by atoms with E-state index >= 15 is 4.39 Å². The number of pyridine rings is 1. The summed E-state index contributed by atoms with van der Waals surface area (Å²) < 4.78 is 27.5. The molecule has 0 radical (unpaired) electrons. The Hall–Kier alpha value is -1.98. The number of benzene rings is 1. The van der Waals surface area contributed by atoms with Gasteiger partial charge in [-0.1, -0.05) is 12.8 Å². The van der Waals surface area contributed by atoms with E-state index in [0.717, 1.165) is 60.2 Å². The first-order valence-corrected chi connectivity index (χ1v) is 16.2. The monoisotopic (exact) mass is 588 g/mol. The van der Waals surface area contributed by atoms with Gasteiger partial charge in [-0.2, -0.15) is 11.8 Å². The average molecular weight is 589 g/mol. The number of likely N-dealkylation sites (tertiary alicyclic amines) is 1. The Labute approximate surface area is 247 Å². The fourth-order valence-corrected chi connectivity index (χ4v) is 8.08. The summed E-state index contributed by atoms with van der Waals surface area (Å²) in [4.78, 5) is 22.3. The van der Waals surface area contributed by atoms with Crippen molar-refractivity contribution in [3.05, 3.63) is 35.5 Å². The second kappa shape index (κ2) is 14.5. The maximum absolute atomic E-state index is 16.5. The highest BCUT2D eigenvalue weighted by atomic mass is 32.2. The van der Waals surface area contributed by atoms with Gasteiger partial charge in [-0.3, -0.25) is 19.9 Å². The smallest absolute Gasteiger partial charge is 0.249 e. The van der Waals surface area contributed by atoms with Gasteiger partial charge in [-0.25, -0.2) is 9.87 Å². The lowest BCUT2D eigenvalue weighted by molar-refractivity contribution is -0.143. The van der Waals surface area contributed by atoms with Crippen LogP contribution in [0.3, 0.4) is 0 Å². The highest BCUT2D eigenvalue weighted by Crippen LogP contribution is 2.42. The molecule has 0 bridgehead atoms. The van der Waals surface area contributed by atoms with Crippen molar-refractivity contribution in [3.63, 3.8) is 0 Å². The number of rotatable bonds is 12. The average Bonchev–Trinajstić information content (AvgIpc) is 3.54. The predicted molar refractivity (Wildman–Crippen MR) is 160 cm³/mol. The lowest BCUT2D eigenvalue weighted by Crippen LogP contribution is -2.48. The van der Waals surface area contributed by atoms with Crippen LogP contribution >= 0.6 is 11.8 Å². The number of piperidine rings is 1. The molecule has 0 spiro atoms. The summed E-state index contributed by atoms with van der Waals surface area (Å²) in [5.74, 6) is 1.38. The van der Waals surface area contributed by atoms with Crippen LogP contribution in [0.25, 0.3) is 10.9 Å². The molecule has 226 valence electrons. The minimum absolute atomic E-state index is 0.192. The Morgan fingerprint density at radius 2 is 1.98 bits per heavy atom. The fourth-order valence-electron chi connectivity index (χ4n) is 6.72. The SMILES string of the molecule is COc1ccc2ncc(CN3CCOCC3)c([C@H](F)CCC3(C(=O)NO)CCN(CCSC4CCCC4)CC3)c2c1. The number of hydrogen-bond acceptors (Lipinski definition) is 8. The summed E-state index contributed by atoms with van der Waals surface area (Å²) in [6.07, 6.45) is 7.69. The molecule has 1 amide bonds. The Morgan fingerprint density at radius 3 is 2.68 bits per heavy atom. The van der Waals surface area contributed by atoms with E-state index in [4.69, 9.17) is 9.47 Å². The standard InChI is InChI=1S/C31H45FN4O4S/c1-39-24-6-7-28-26(20-24)29(23(21-33-28)22-36-14-17-40-18-15-36)27(32)8-9-31(30(37)34-38)10-12-35(13-11-31)16-19-41-25-4-2-3-5-25/h6-7,20-21,25,27,38H,2-5,8-19,22H2,1H3,(H,34,37)/t27-/m1/s1. The second-order valence-electron chi connectivity index (χ2n) is 11.8. The van der Waals surface area contributed by atoms with Crippen molar-refractivity contribution in [3.8, 4) is 5.75 Å². The largest absolute Gasteiger partial charge is 0.497 e. The van der Waals surface area contributed by atoms with Crippen LogP contribution in [0.5, 0.6) is 5.75 Å². The molecule has 1 aliphatic carbocycles. The minimum Gasteiger partial charge on any atom is -0.497 e. The molecule has 2 aromatic rings. The molecule has 3 heterocycles. The summed E-state index contributed by atoms with van der Waals surface area (Å²) in [6.45, 7) is 6.09. The molecule has 41 heavy (non-hydrogen) atoms. The number of nitrogens with zero attached hydrogens (tertiary/aromatic N) is 3. The molecule has 1 atom stereocenters. The summed E-state index contributed by atoms with van der Waals surface area (Å²) in [6, 6.07) is 5.57. The molecule has 2 saturated heterocycles. The number of amides is 1. The number of hydroxylamine groups is 1. The van der Waals surface area contributed by atoms with Gasteiger partial charge in [-0.05, 0) is 75.4 Å². The zero-order chi connectivity index (χ0) is 28.7. The molecule has 1 saturated carbocycles. The zero-order valence-corrected chi connectivity index (χ0v) is 25.1. The van der Waals surface area contributed by atoms with Crippen molar-refractivity contribution in [2.24, 2.45) is 5.41 Å². The molecule has 0 unspecified atom stereocenters. The Kier molecular flexibility index (Phi) is 10.8. The summed E-state index contributed by atoms with van der Waals surface area (Å²) in [7, 11) is 1.61. The summed E-state index contributed by atoms with van der Waals surface area (Å²) >= 11 is 2.08. The van der Waals surface area contributed by atoms with Gasteiger partial charge in [-0.15, -0.1) is 0 Å². The van der Waals surface area contributed by atoms with E-state index in [1.165, 1.54) is 25.7 Å². The lowest BCUT2D eigenvalue weighted by Gasteiger charge is -2.40. The molecule has 2 aliphatic heterocycles. The topological polar surface area (TPSA) is 87.2 Å². The van der Waals surface area contributed by atoms with Crippen LogP contribution in [0, 0.1) is 5.41 Å². The molecule has 10 heteroatoms. The lowest BCUT2D eigenvalue weighted by atomic mass is 9.73. The maximum atomic E-state index is 16.5. The molecule has 3 aliphatic rings. The number of fused-ring (bicyclic) bond motifs is 1. The molecule has 2 N–H and O–H groups in total. The number of alkyl halides is 1. The minimum atomic E-state index is -1.28. The maximum Gasteiger partial charge on any atom is 0.249 e. The van der Waals surface area contributed by atoms with E-state index in [0.29, 0.717) is 50.3 Å². The fraction of sp³-hybridized carbons (Fsp3) is 0.677.